The van der Waals surface area contributed by atoms with Crippen LogP contribution in [-0.2, 0) is 16.2 Å². The van der Waals surface area contributed by atoms with Crippen molar-refractivity contribution in [2.45, 2.75) is 57.8 Å². The summed E-state index contributed by atoms with van der Waals surface area (Å²) < 4.78 is 0. The average Bonchev–Trinajstić information content (AvgIpc) is 3.72. The molecule has 0 saturated carbocycles. The van der Waals surface area contributed by atoms with Gasteiger partial charge in [0.2, 0.25) is 0 Å². The lowest BCUT2D eigenvalue weighted by Gasteiger charge is -2.22. The van der Waals surface area contributed by atoms with Gasteiger partial charge in [-0.2, -0.15) is 0 Å². The first kappa shape index (κ1) is 33.9. The van der Waals surface area contributed by atoms with Crippen LogP contribution in [0.2, 0.25) is 0 Å². The molecule has 0 fully saturated rings. The molecule has 2 nitrogen and oxygen atoms in total. The fourth-order valence-electron chi connectivity index (χ4n) is 10.2. The Morgan fingerprint density at radius 1 is 0.281 bits per heavy atom. The molecule has 274 valence electrons. The van der Waals surface area contributed by atoms with Gasteiger partial charge in [-0.3, -0.25) is 0 Å². The number of benzene rings is 6. The summed E-state index contributed by atoms with van der Waals surface area (Å²) in [6.45, 7) is 14.0. The summed E-state index contributed by atoms with van der Waals surface area (Å²) >= 11 is 0. The van der Waals surface area contributed by atoms with Crippen LogP contribution in [0.25, 0.3) is 78.4 Å². The molecule has 3 aliphatic carbocycles. The first-order chi connectivity index (χ1) is 27.5. The Morgan fingerprint density at radius 3 is 1.11 bits per heavy atom. The summed E-state index contributed by atoms with van der Waals surface area (Å²) in [7, 11) is 0. The summed E-state index contributed by atoms with van der Waals surface area (Å²) in [4.78, 5) is 10.8. The molecular formula is C55H44N2. The monoisotopic (exact) mass is 732 g/mol. The van der Waals surface area contributed by atoms with Gasteiger partial charge in [0, 0.05) is 27.4 Å². The zero-order chi connectivity index (χ0) is 38.8. The molecule has 0 unspecified atom stereocenters. The van der Waals surface area contributed by atoms with Crippen molar-refractivity contribution < 1.29 is 0 Å². The molecule has 8 aromatic rings. The SMILES string of the molecule is CC1(C)c2ccccc2-c2ccc(-c3cccc(-c4ccc5c(n4)-c4nc(-c6cccc(-c7ccc8c(c7)C(C)(C)c7ccccc7-8)c6)ccc4C5(C)C)c3)cc21. The number of rotatable bonds is 4. The van der Waals surface area contributed by atoms with Crippen molar-refractivity contribution in [2.24, 2.45) is 0 Å². The van der Waals surface area contributed by atoms with E-state index in [1.807, 2.05) is 0 Å². The van der Waals surface area contributed by atoms with Crippen molar-refractivity contribution in [3.63, 3.8) is 0 Å². The van der Waals surface area contributed by atoms with Crippen LogP contribution in [0.3, 0.4) is 0 Å². The van der Waals surface area contributed by atoms with Crippen LogP contribution in [0, 0.1) is 0 Å². The number of aromatic nitrogens is 2. The zero-order valence-electron chi connectivity index (χ0n) is 33.4. The maximum Gasteiger partial charge on any atom is 0.0937 e. The minimum atomic E-state index is -0.199. The topological polar surface area (TPSA) is 25.8 Å². The van der Waals surface area contributed by atoms with Crippen LogP contribution >= 0.6 is 0 Å². The lowest BCUT2D eigenvalue weighted by Crippen LogP contribution is -2.15. The number of nitrogens with zero attached hydrogens (tertiary/aromatic N) is 2. The quantitative estimate of drug-likeness (QED) is 0.180. The number of hydrogen-bond donors (Lipinski definition) is 0. The van der Waals surface area contributed by atoms with E-state index < -0.39 is 0 Å². The van der Waals surface area contributed by atoms with Gasteiger partial charge in [-0.05, 0) is 114 Å². The fraction of sp³-hybridized carbons (Fsp3) is 0.164. The van der Waals surface area contributed by atoms with E-state index in [1.54, 1.807) is 0 Å². The summed E-state index contributed by atoms with van der Waals surface area (Å²) in [6, 6.07) is 58.3. The van der Waals surface area contributed by atoms with E-state index in [9.17, 15) is 0 Å². The van der Waals surface area contributed by atoms with Crippen molar-refractivity contribution in [2.75, 3.05) is 0 Å². The number of hydrogen-bond acceptors (Lipinski definition) is 2. The molecule has 0 saturated heterocycles. The van der Waals surface area contributed by atoms with Gasteiger partial charge in [-0.15, -0.1) is 0 Å². The lowest BCUT2D eigenvalue weighted by atomic mass is 9.81. The smallest absolute Gasteiger partial charge is 0.0937 e. The van der Waals surface area contributed by atoms with E-state index in [2.05, 4.69) is 199 Å². The van der Waals surface area contributed by atoms with Gasteiger partial charge in [0.25, 0.3) is 0 Å². The van der Waals surface area contributed by atoms with Crippen molar-refractivity contribution in [3.8, 4) is 78.4 Å². The van der Waals surface area contributed by atoms with E-state index in [4.69, 9.17) is 9.97 Å². The molecule has 0 N–H and O–H groups in total. The second-order valence-electron chi connectivity index (χ2n) is 17.8. The molecule has 0 radical (unpaired) electrons. The number of pyridine rings is 2. The molecule has 0 atom stereocenters. The molecule has 3 aliphatic rings. The van der Waals surface area contributed by atoms with Crippen molar-refractivity contribution in [3.05, 3.63) is 191 Å². The largest absolute Gasteiger partial charge is 0.246 e. The average molecular weight is 733 g/mol. The Morgan fingerprint density at radius 2 is 0.649 bits per heavy atom. The molecular weight excluding hydrogens is 689 g/mol. The Bertz CT molecular complexity index is 2790. The Hall–Kier alpha value is -6.38. The molecule has 2 aromatic heterocycles. The van der Waals surface area contributed by atoms with Crippen LogP contribution in [-0.4, -0.2) is 9.97 Å². The first-order valence-corrected chi connectivity index (χ1v) is 20.2. The predicted octanol–water partition coefficient (Wildman–Crippen LogP) is 14.1. The normalized spacial score (nSPS) is 15.6. The number of fused-ring (bicyclic) bond motifs is 9. The van der Waals surface area contributed by atoms with Gasteiger partial charge in [-0.25, -0.2) is 9.97 Å². The third-order valence-electron chi connectivity index (χ3n) is 13.5. The van der Waals surface area contributed by atoms with Crippen LogP contribution in [0.5, 0.6) is 0 Å². The van der Waals surface area contributed by atoms with Gasteiger partial charge in [0.1, 0.15) is 0 Å². The van der Waals surface area contributed by atoms with Crippen molar-refractivity contribution in [1.29, 1.82) is 0 Å². The van der Waals surface area contributed by atoms with E-state index in [0.29, 0.717) is 0 Å². The van der Waals surface area contributed by atoms with Crippen LogP contribution in [0.15, 0.2) is 158 Å². The van der Waals surface area contributed by atoms with E-state index >= 15 is 0 Å². The predicted molar refractivity (Wildman–Crippen MR) is 236 cm³/mol. The highest BCUT2D eigenvalue weighted by Gasteiger charge is 2.39. The van der Waals surface area contributed by atoms with Gasteiger partial charge in [0.05, 0.1) is 22.8 Å². The second kappa shape index (κ2) is 11.8. The Balaban J connectivity index is 0.941. The van der Waals surface area contributed by atoms with Gasteiger partial charge in [-0.1, -0.05) is 163 Å². The molecule has 57 heavy (non-hydrogen) atoms. The van der Waals surface area contributed by atoms with Crippen molar-refractivity contribution >= 4 is 0 Å². The molecule has 0 aliphatic heterocycles. The van der Waals surface area contributed by atoms with E-state index in [-0.39, 0.29) is 16.2 Å². The third-order valence-corrected chi connectivity index (χ3v) is 13.5. The fourth-order valence-corrected chi connectivity index (χ4v) is 10.2. The van der Waals surface area contributed by atoms with E-state index in [1.165, 1.54) is 77.9 Å². The molecule has 0 bridgehead atoms. The third kappa shape index (κ3) is 4.89. The Labute approximate surface area is 336 Å². The molecule has 2 heteroatoms. The van der Waals surface area contributed by atoms with Crippen molar-refractivity contribution in [1.82, 2.24) is 9.97 Å². The molecule has 0 amide bonds. The van der Waals surface area contributed by atoms with Gasteiger partial charge >= 0.3 is 0 Å². The summed E-state index contributed by atoms with van der Waals surface area (Å²) in [5.74, 6) is 0. The maximum atomic E-state index is 5.40. The summed E-state index contributed by atoms with van der Waals surface area (Å²) in [6.07, 6.45) is 0. The highest BCUT2D eigenvalue weighted by atomic mass is 14.8. The standard InChI is InChI=1S/C55H44N2/c1-53(2)43-19-9-7-17-39(43)41-23-21-35(31-47(41)53)33-13-11-15-37(29-33)49-27-25-45-51(56-49)52-46(55(45,5)6)26-28-50(57-52)38-16-12-14-34(30-38)36-22-24-42-40-18-8-10-20-44(40)54(3,4)48(42)32-36/h7-32H,1-6H3. The minimum Gasteiger partial charge on any atom is -0.246 e. The Kier molecular flexibility index (Phi) is 7.03. The second-order valence-corrected chi connectivity index (χ2v) is 17.8. The van der Waals surface area contributed by atoms with Gasteiger partial charge in [0.15, 0.2) is 0 Å². The molecule has 2 heterocycles. The molecule has 11 rings (SSSR count). The first-order valence-electron chi connectivity index (χ1n) is 20.2. The zero-order valence-corrected chi connectivity index (χ0v) is 33.4. The minimum absolute atomic E-state index is 0.0412. The maximum absolute atomic E-state index is 5.40. The van der Waals surface area contributed by atoms with Gasteiger partial charge < -0.3 is 0 Å². The highest BCUT2D eigenvalue weighted by molar-refractivity contribution is 5.87. The van der Waals surface area contributed by atoms with Crippen LogP contribution in [0.4, 0.5) is 0 Å². The molecule has 0 spiro atoms. The molecule has 6 aromatic carbocycles. The lowest BCUT2D eigenvalue weighted by molar-refractivity contribution is 0.658. The van der Waals surface area contributed by atoms with E-state index in [0.717, 1.165) is 33.9 Å². The van der Waals surface area contributed by atoms with Crippen LogP contribution < -0.4 is 0 Å². The highest BCUT2D eigenvalue weighted by Crippen LogP contribution is 2.52. The van der Waals surface area contributed by atoms with Crippen LogP contribution in [0.1, 0.15) is 74.9 Å². The summed E-state index contributed by atoms with van der Waals surface area (Å²) in [5.41, 5.74) is 24.1. The summed E-state index contributed by atoms with van der Waals surface area (Å²) in [5, 5.41) is 0.